The fourth-order valence-electron chi connectivity index (χ4n) is 2.71. The van der Waals surface area contributed by atoms with Crippen molar-refractivity contribution in [2.75, 3.05) is 0 Å². The Labute approximate surface area is 171 Å². The van der Waals surface area contributed by atoms with E-state index < -0.39 is 6.16 Å². The van der Waals surface area contributed by atoms with Gasteiger partial charge in [-0.15, -0.1) is 0 Å². The lowest BCUT2D eigenvalue weighted by Gasteiger charge is -2.13. The quantitative estimate of drug-likeness (QED) is 0.571. The summed E-state index contributed by atoms with van der Waals surface area (Å²) in [6.07, 6.45) is 1.83. The summed E-state index contributed by atoms with van der Waals surface area (Å²) < 4.78 is 6.60. The van der Waals surface area contributed by atoms with E-state index >= 15 is 0 Å². The Hall–Kier alpha value is -2.64. The summed E-state index contributed by atoms with van der Waals surface area (Å²) in [6, 6.07) is 5.07. The van der Waals surface area contributed by atoms with Crippen molar-refractivity contribution in [3.05, 3.63) is 57.6 Å². The molecule has 0 amide bonds. The number of ether oxygens (including phenoxy) is 1. The third kappa shape index (κ3) is 4.26. The monoisotopic (exact) mass is 420 g/mol. The van der Waals surface area contributed by atoms with Crippen LogP contribution in [0, 0.1) is 6.92 Å². The van der Waals surface area contributed by atoms with Crippen LogP contribution in [0.15, 0.2) is 30.6 Å². The number of rotatable bonds is 5. The number of carboxylic acid groups (broad SMARTS) is 1. The van der Waals surface area contributed by atoms with Gasteiger partial charge >= 0.3 is 6.16 Å². The van der Waals surface area contributed by atoms with Gasteiger partial charge in [0.15, 0.2) is 5.82 Å². The molecule has 7 nitrogen and oxygen atoms in total. The highest BCUT2D eigenvalue weighted by Gasteiger charge is 2.22. The van der Waals surface area contributed by atoms with Crippen molar-refractivity contribution in [3.63, 3.8) is 0 Å². The second-order valence-electron chi connectivity index (χ2n) is 6.50. The molecule has 2 heterocycles. The van der Waals surface area contributed by atoms with Gasteiger partial charge in [0.25, 0.3) is 0 Å². The molecule has 146 valence electrons. The van der Waals surface area contributed by atoms with Gasteiger partial charge in [0, 0.05) is 16.2 Å². The van der Waals surface area contributed by atoms with Crippen LogP contribution in [0.25, 0.3) is 11.5 Å². The van der Waals surface area contributed by atoms with Crippen molar-refractivity contribution in [1.29, 1.82) is 0 Å². The molecule has 0 radical (unpaired) electrons. The molecule has 0 bridgehead atoms. The van der Waals surface area contributed by atoms with Gasteiger partial charge in [-0.2, -0.15) is 0 Å². The van der Waals surface area contributed by atoms with Crippen molar-refractivity contribution in [1.82, 2.24) is 19.5 Å². The van der Waals surface area contributed by atoms with E-state index in [0.29, 0.717) is 32.8 Å². The number of carbonyl (C=O) groups is 1. The van der Waals surface area contributed by atoms with Gasteiger partial charge in [0.2, 0.25) is 5.88 Å². The van der Waals surface area contributed by atoms with Crippen LogP contribution in [0.5, 0.6) is 5.88 Å². The molecule has 0 atom stereocenters. The normalized spacial score (nSPS) is 11.1. The predicted octanol–water partition coefficient (Wildman–Crippen LogP) is 5.18. The minimum absolute atomic E-state index is 0.0929. The van der Waals surface area contributed by atoms with E-state index in [4.69, 9.17) is 33.0 Å². The van der Waals surface area contributed by atoms with Crippen LogP contribution in [0.3, 0.4) is 0 Å². The lowest BCUT2D eigenvalue weighted by atomic mass is 10.1. The zero-order chi connectivity index (χ0) is 20.4. The second kappa shape index (κ2) is 8.16. The Morgan fingerprint density at radius 1 is 1.25 bits per heavy atom. The van der Waals surface area contributed by atoms with Crippen LogP contribution in [-0.4, -0.2) is 30.8 Å². The van der Waals surface area contributed by atoms with Crippen molar-refractivity contribution >= 4 is 29.4 Å². The minimum Gasteiger partial charge on any atom is -0.449 e. The van der Waals surface area contributed by atoms with Crippen LogP contribution >= 0.6 is 23.2 Å². The second-order valence-corrected chi connectivity index (χ2v) is 7.34. The standard InChI is InChI=1S/C19H18Cl2N4O3/c1-10(2)15-7-22-8-16(24-15)17-23-11(3)18(28-19(26)27)25(17)9-12-6-13(20)4-5-14(12)21/h4-8,10H,9H2,1-3H3,(H,26,27). The smallest absolute Gasteiger partial charge is 0.449 e. The Balaban J connectivity index is 2.16. The summed E-state index contributed by atoms with van der Waals surface area (Å²) in [5.41, 5.74) is 2.40. The van der Waals surface area contributed by atoms with Crippen LogP contribution in [-0.2, 0) is 6.54 Å². The summed E-state index contributed by atoms with van der Waals surface area (Å²) in [7, 11) is 0. The zero-order valence-electron chi connectivity index (χ0n) is 15.5. The fourth-order valence-corrected chi connectivity index (χ4v) is 3.09. The SMILES string of the molecule is Cc1nc(-c2cncc(C(C)C)n2)n(Cc2cc(Cl)ccc2Cl)c1OC(=O)O. The first kappa shape index (κ1) is 20.1. The number of halogens is 2. The predicted molar refractivity (Wildman–Crippen MR) is 106 cm³/mol. The first-order valence-electron chi connectivity index (χ1n) is 8.50. The molecule has 0 aliphatic rings. The zero-order valence-corrected chi connectivity index (χ0v) is 17.0. The lowest BCUT2D eigenvalue weighted by molar-refractivity contribution is 0.140. The van der Waals surface area contributed by atoms with Gasteiger partial charge in [-0.1, -0.05) is 37.0 Å². The number of nitrogens with zero attached hydrogens (tertiary/aromatic N) is 4. The summed E-state index contributed by atoms with van der Waals surface area (Å²) in [5.74, 6) is 0.698. The molecule has 0 aliphatic heterocycles. The van der Waals surface area contributed by atoms with Gasteiger partial charge in [0.05, 0.1) is 18.4 Å². The molecule has 0 unspecified atom stereocenters. The number of hydrogen-bond donors (Lipinski definition) is 1. The molecular formula is C19H18Cl2N4O3. The Bertz CT molecular complexity index is 1030. The first-order chi connectivity index (χ1) is 13.3. The van der Waals surface area contributed by atoms with Gasteiger partial charge in [-0.3, -0.25) is 9.55 Å². The highest BCUT2D eigenvalue weighted by Crippen LogP contribution is 2.30. The van der Waals surface area contributed by atoms with Crippen molar-refractivity contribution in [2.24, 2.45) is 0 Å². The maximum Gasteiger partial charge on any atom is 0.512 e. The molecule has 1 aromatic carbocycles. The van der Waals surface area contributed by atoms with Crippen LogP contribution in [0.2, 0.25) is 10.0 Å². The molecule has 0 fully saturated rings. The molecule has 9 heteroatoms. The van der Waals surface area contributed by atoms with E-state index in [2.05, 4.69) is 15.0 Å². The molecule has 0 saturated carbocycles. The Morgan fingerprint density at radius 3 is 2.68 bits per heavy atom. The summed E-state index contributed by atoms with van der Waals surface area (Å²) in [6.45, 7) is 5.88. The molecular weight excluding hydrogens is 403 g/mol. The van der Waals surface area contributed by atoms with Crippen molar-refractivity contribution < 1.29 is 14.6 Å². The average Bonchev–Trinajstić information content (AvgIpc) is 2.94. The summed E-state index contributed by atoms with van der Waals surface area (Å²) >= 11 is 12.4. The van der Waals surface area contributed by atoms with E-state index in [1.54, 1.807) is 42.1 Å². The van der Waals surface area contributed by atoms with Gasteiger partial charge < -0.3 is 9.84 Å². The number of imidazole rings is 1. The molecule has 3 rings (SSSR count). The summed E-state index contributed by atoms with van der Waals surface area (Å²) in [5, 5.41) is 10.1. The van der Waals surface area contributed by atoms with E-state index in [1.165, 1.54) is 0 Å². The molecule has 0 aliphatic carbocycles. The third-order valence-electron chi connectivity index (χ3n) is 4.08. The van der Waals surface area contributed by atoms with Crippen molar-refractivity contribution in [3.8, 4) is 17.4 Å². The lowest BCUT2D eigenvalue weighted by Crippen LogP contribution is -2.11. The highest BCUT2D eigenvalue weighted by molar-refractivity contribution is 6.33. The number of benzene rings is 1. The topological polar surface area (TPSA) is 90.1 Å². The van der Waals surface area contributed by atoms with Gasteiger partial charge in [-0.25, -0.2) is 14.8 Å². The summed E-state index contributed by atoms with van der Waals surface area (Å²) in [4.78, 5) is 24.5. The average molecular weight is 421 g/mol. The number of aryl methyl sites for hydroxylation is 1. The molecule has 0 saturated heterocycles. The molecule has 1 N–H and O–H groups in total. The van der Waals surface area contributed by atoms with E-state index in [0.717, 1.165) is 5.69 Å². The van der Waals surface area contributed by atoms with Crippen LogP contribution < -0.4 is 4.74 Å². The molecule has 2 aromatic heterocycles. The highest BCUT2D eigenvalue weighted by atomic mass is 35.5. The maximum absolute atomic E-state index is 11.2. The fraction of sp³-hybridized carbons (Fsp3) is 0.263. The van der Waals surface area contributed by atoms with Crippen LogP contribution in [0.1, 0.15) is 36.7 Å². The van der Waals surface area contributed by atoms with E-state index in [-0.39, 0.29) is 18.3 Å². The largest absolute Gasteiger partial charge is 0.512 e. The Kier molecular flexibility index (Phi) is 5.86. The molecule has 28 heavy (non-hydrogen) atoms. The minimum atomic E-state index is -1.44. The van der Waals surface area contributed by atoms with Crippen LogP contribution in [0.4, 0.5) is 4.79 Å². The third-order valence-corrected chi connectivity index (χ3v) is 4.68. The van der Waals surface area contributed by atoms with Gasteiger partial charge in [-0.05, 0) is 36.6 Å². The van der Waals surface area contributed by atoms with E-state index in [1.807, 2.05) is 13.8 Å². The Morgan fingerprint density at radius 2 is 2.00 bits per heavy atom. The molecule has 0 spiro atoms. The van der Waals surface area contributed by atoms with Crippen molar-refractivity contribution in [2.45, 2.75) is 33.2 Å². The van der Waals surface area contributed by atoms with Gasteiger partial charge in [0.1, 0.15) is 11.4 Å². The number of aromatic nitrogens is 4. The molecule has 3 aromatic rings. The first-order valence-corrected chi connectivity index (χ1v) is 9.26. The maximum atomic E-state index is 11.2. The van der Waals surface area contributed by atoms with E-state index in [9.17, 15) is 4.79 Å². The number of hydrogen-bond acceptors (Lipinski definition) is 5.